The first-order valence-electron chi connectivity index (χ1n) is 18.8. The molecule has 3 nitrogen and oxygen atoms in total. The molecule has 0 atom stereocenters. The van der Waals surface area contributed by atoms with Crippen LogP contribution in [0.15, 0.2) is 211 Å². The molecule has 55 heavy (non-hydrogen) atoms. The number of fused-ring (bicyclic) bond motifs is 8. The first-order chi connectivity index (χ1) is 27.3. The fraction of sp³-hybridized carbons (Fsp3) is 0. The van der Waals surface area contributed by atoms with Crippen molar-refractivity contribution < 1.29 is 4.42 Å². The average Bonchev–Trinajstić information content (AvgIpc) is 3.81. The molecule has 0 aliphatic heterocycles. The van der Waals surface area contributed by atoms with E-state index in [4.69, 9.17) is 4.42 Å². The molecule has 0 aliphatic carbocycles. The van der Waals surface area contributed by atoms with E-state index in [9.17, 15) is 0 Å². The first kappa shape index (κ1) is 31.2. The maximum atomic E-state index is 6.41. The summed E-state index contributed by atoms with van der Waals surface area (Å²) in [5, 5.41) is 7.02. The second kappa shape index (κ2) is 12.6. The zero-order chi connectivity index (χ0) is 36.3. The summed E-state index contributed by atoms with van der Waals surface area (Å²) in [6.07, 6.45) is 0. The lowest BCUT2D eigenvalue weighted by Gasteiger charge is -2.26. The molecule has 0 fully saturated rings. The molecule has 0 unspecified atom stereocenters. The van der Waals surface area contributed by atoms with Gasteiger partial charge in [-0.2, -0.15) is 0 Å². The van der Waals surface area contributed by atoms with Gasteiger partial charge in [-0.15, -0.1) is 0 Å². The van der Waals surface area contributed by atoms with Gasteiger partial charge in [-0.05, 0) is 113 Å². The number of hydrogen-bond acceptors (Lipinski definition) is 2. The van der Waals surface area contributed by atoms with E-state index < -0.39 is 0 Å². The second-order valence-electron chi connectivity index (χ2n) is 14.2. The van der Waals surface area contributed by atoms with Gasteiger partial charge in [0, 0.05) is 49.7 Å². The number of para-hydroxylation sites is 3. The van der Waals surface area contributed by atoms with E-state index in [1.807, 2.05) is 12.1 Å². The van der Waals surface area contributed by atoms with Crippen LogP contribution in [0.4, 0.5) is 17.1 Å². The lowest BCUT2D eigenvalue weighted by atomic mass is 10.0. The Labute approximate surface area is 318 Å². The standard InChI is InChI=1S/C52H34N2O/c1-3-12-35(13-4-1)37-14-11-17-42(32-37)53(43-28-30-44-39(33-43)24-29-47-46-19-8-10-21-51(46)55-52(44)47)41-26-22-36(23-27-41)38-25-31-50-48(34-38)45-18-7-9-20-49(45)54(50)40-15-5-2-6-16-40/h1-34H. The zero-order valence-corrected chi connectivity index (χ0v) is 29.9. The number of aromatic nitrogens is 1. The van der Waals surface area contributed by atoms with E-state index in [1.165, 1.54) is 44.1 Å². The third-order valence-electron chi connectivity index (χ3n) is 11.0. The highest BCUT2D eigenvalue weighted by Gasteiger charge is 2.18. The normalized spacial score (nSPS) is 11.6. The van der Waals surface area contributed by atoms with Crippen LogP contribution in [0.3, 0.4) is 0 Å². The van der Waals surface area contributed by atoms with Gasteiger partial charge in [-0.1, -0.05) is 121 Å². The molecule has 9 aromatic carbocycles. The van der Waals surface area contributed by atoms with Gasteiger partial charge in [0.1, 0.15) is 11.2 Å². The summed E-state index contributed by atoms with van der Waals surface area (Å²) < 4.78 is 8.78. The van der Waals surface area contributed by atoms with Crippen LogP contribution in [-0.2, 0) is 0 Å². The fourth-order valence-corrected chi connectivity index (χ4v) is 8.35. The zero-order valence-electron chi connectivity index (χ0n) is 29.9. The summed E-state index contributed by atoms with van der Waals surface area (Å²) >= 11 is 0. The van der Waals surface area contributed by atoms with Gasteiger partial charge in [-0.25, -0.2) is 0 Å². The molecule has 0 aliphatic rings. The quantitative estimate of drug-likeness (QED) is 0.172. The van der Waals surface area contributed by atoms with Crippen LogP contribution < -0.4 is 4.90 Å². The fourth-order valence-electron chi connectivity index (χ4n) is 8.35. The Morgan fingerprint density at radius 1 is 0.345 bits per heavy atom. The minimum Gasteiger partial charge on any atom is -0.455 e. The van der Waals surface area contributed by atoms with E-state index in [1.54, 1.807) is 0 Å². The predicted octanol–water partition coefficient (Wildman–Crippen LogP) is 14.6. The van der Waals surface area contributed by atoms with Gasteiger partial charge >= 0.3 is 0 Å². The summed E-state index contributed by atoms with van der Waals surface area (Å²) in [5.74, 6) is 0. The molecule has 0 spiro atoms. The van der Waals surface area contributed by atoms with Crippen molar-refractivity contribution >= 4 is 71.6 Å². The van der Waals surface area contributed by atoms with Crippen molar-refractivity contribution in [3.8, 4) is 27.9 Å². The summed E-state index contributed by atoms with van der Waals surface area (Å²) in [6, 6.07) is 74.0. The number of nitrogens with zero attached hydrogens (tertiary/aromatic N) is 2. The lowest BCUT2D eigenvalue weighted by Crippen LogP contribution is -2.10. The summed E-state index contributed by atoms with van der Waals surface area (Å²) in [5.41, 5.74) is 13.4. The molecule has 2 heterocycles. The second-order valence-corrected chi connectivity index (χ2v) is 14.2. The molecule has 2 aromatic heterocycles. The lowest BCUT2D eigenvalue weighted by molar-refractivity contribution is 0.672. The highest BCUT2D eigenvalue weighted by atomic mass is 16.3. The minimum absolute atomic E-state index is 0.912. The molecule has 3 heteroatoms. The monoisotopic (exact) mass is 702 g/mol. The molecule has 0 N–H and O–H groups in total. The van der Waals surface area contributed by atoms with Crippen molar-refractivity contribution in [1.82, 2.24) is 4.57 Å². The Hall–Kier alpha value is -7.36. The number of benzene rings is 9. The SMILES string of the molecule is c1ccc(-c2cccc(N(c3ccc(-c4ccc5c(c4)c4ccccc4n5-c4ccccc4)cc3)c3ccc4c(ccc5c6ccccc6oc45)c3)c2)cc1. The van der Waals surface area contributed by atoms with E-state index in [2.05, 4.69) is 204 Å². The summed E-state index contributed by atoms with van der Waals surface area (Å²) in [6.45, 7) is 0. The van der Waals surface area contributed by atoms with Crippen molar-refractivity contribution in [3.63, 3.8) is 0 Å². The molecular formula is C52H34N2O. The Bertz CT molecular complexity index is 3190. The molecule has 0 saturated heterocycles. The van der Waals surface area contributed by atoms with Crippen LogP contribution in [0.25, 0.3) is 82.5 Å². The highest BCUT2D eigenvalue weighted by molar-refractivity contribution is 6.15. The Morgan fingerprint density at radius 2 is 0.964 bits per heavy atom. The third kappa shape index (κ3) is 5.20. The predicted molar refractivity (Wildman–Crippen MR) is 231 cm³/mol. The maximum absolute atomic E-state index is 6.41. The Balaban J connectivity index is 1.03. The largest absolute Gasteiger partial charge is 0.455 e. The molecular weight excluding hydrogens is 669 g/mol. The van der Waals surface area contributed by atoms with Crippen molar-refractivity contribution in [2.24, 2.45) is 0 Å². The van der Waals surface area contributed by atoms with Crippen LogP contribution in [0, 0.1) is 0 Å². The van der Waals surface area contributed by atoms with Gasteiger partial charge in [0.15, 0.2) is 0 Å². The number of furan rings is 1. The number of anilines is 3. The van der Waals surface area contributed by atoms with Crippen LogP contribution >= 0.6 is 0 Å². The Kier molecular flexibility index (Phi) is 7.17. The van der Waals surface area contributed by atoms with Gasteiger partial charge in [0.25, 0.3) is 0 Å². The van der Waals surface area contributed by atoms with E-state index in [0.717, 1.165) is 55.5 Å². The van der Waals surface area contributed by atoms with Crippen LogP contribution in [0.5, 0.6) is 0 Å². The number of rotatable bonds is 6. The molecule has 0 radical (unpaired) electrons. The molecule has 11 rings (SSSR count). The van der Waals surface area contributed by atoms with Crippen molar-refractivity contribution in [2.45, 2.75) is 0 Å². The van der Waals surface area contributed by atoms with Crippen molar-refractivity contribution in [1.29, 1.82) is 0 Å². The summed E-state index contributed by atoms with van der Waals surface area (Å²) in [7, 11) is 0. The maximum Gasteiger partial charge on any atom is 0.143 e. The molecule has 0 amide bonds. The molecule has 11 aromatic rings. The first-order valence-corrected chi connectivity index (χ1v) is 18.8. The van der Waals surface area contributed by atoms with Gasteiger partial charge in [0.2, 0.25) is 0 Å². The van der Waals surface area contributed by atoms with Gasteiger partial charge in [-0.3, -0.25) is 0 Å². The highest BCUT2D eigenvalue weighted by Crippen LogP contribution is 2.41. The van der Waals surface area contributed by atoms with Crippen LogP contribution in [0.1, 0.15) is 0 Å². The van der Waals surface area contributed by atoms with Crippen LogP contribution in [0.2, 0.25) is 0 Å². The molecule has 0 bridgehead atoms. The summed E-state index contributed by atoms with van der Waals surface area (Å²) in [4.78, 5) is 2.36. The molecule has 258 valence electrons. The van der Waals surface area contributed by atoms with Crippen LogP contribution in [-0.4, -0.2) is 4.57 Å². The smallest absolute Gasteiger partial charge is 0.143 e. The van der Waals surface area contributed by atoms with Gasteiger partial charge < -0.3 is 13.9 Å². The number of hydrogen-bond donors (Lipinski definition) is 0. The van der Waals surface area contributed by atoms with Crippen molar-refractivity contribution in [3.05, 3.63) is 206 Å². The minimum atomic E-state index is 0.912. The molecule has 0 saturated carbocycles. The van der Waals surface area contributed by atoms with E-state index >= 15 is 0 Å². The van der Waals surface area contributed by atoms with E-state index in [-0.39, 0.29) is 0 Å². The third-order valence-corrected chi connectivity index (χ3v) is 11.0. The average molecular weight is 703 g/mol. The Morgan fingerprint density at radius 3 is 1.82 bits per heavy atom. The topological polar surface area (TPSA) is 21.3 Å². The van der Waals surface area contributed by atoms with Gasteiger partial charge in [0.05, 0.1) is 11.0 Å². The van der Waals surface area contributed by atoms with Crippen molar-refractivity contribution in [2.75, 3.05) is 4.90 Å². The van der Waals surface area contributed by atoms with E-state index in [0.29, 0.717) is 0 Å².